The van der Waals surface area contributed by atoms with Crippen molar-refractivity contribution in [2.24, 2.45) is 0 Å². The zero-order valence-corrected chi connectivity index (χ0v) is 22.1. The van der Waals surface area contributed by atoms with Crippen LogP contribution in [0.15, 0.2) is 48.7 Å². The Morgan fingerprint density at radius 2 is 1.81 bits per heavy atom. The molecule has 5 rings (SSSR count). The van der Waals surface area contributed by atoms with Gasteiger partial charge in [-0.25, -0.2) is 4.79 Å². The lowest BCUT2D eigenvalue weighted by atomic mass is 9.89. The van der Waals surface area contributed by atoms with Gasteiger partial charge in [0, 0.05) is 56.7 Å². The molecule has 2 aliphatic rings. The molecule has 2 aliphatic heterocycles. The molecule has 194 valence electrons. The standard InChI is InChI=1S/C29H34N4O4/c1-29(2,3)37-28(35)33-16-18(17-33)19-10-8-11-21-25(19)30-15-22(26(21)32(4)5)27(34)31-23-13-14-36-24-12-7-6-9-20(23)24/h6-12,15,18,23H,13-14,16-17H2,1-5H3,(H,31,34)/t23-/m0/s1. The highest BCUT2D eigenvalue weighted by atomic mass is 16.6. The molecule has 8 heteroatoms. The van der Waals surface area contributed by atoms with Gasteiger partial charge in [-0.15, -0.1) is 0 Å². The van der Waals surface area contributed by atoms with Crippen LogP contribution < -0.4 is 15.0 Å². The Labute approximate surface area is 217 Å². The monoisotopic (exact) mass is 502 g/mol. The molecule has 0 unspecified atom stereocenters. The number of rotatable bonds is 4. The van der Waals surface area contributed by atoms with Crippen molar-refractivity contribution >= 4 is 28.6 Å². The second-order valence-corrected chi connectivity index (χ2v) is 10.9. The molecular formula is C29H34N4O4. The van der Waals surface area contributed by atoms with Crippen LogP contribution in [0, 0.1) is 0 Å². The molecule has 1 aromatic heterocycles. The lowest BCUT2D eigenvalue weighted by Gasteiger charge is -2.40. The highest BCUT2D eigenvalue weighted by Crippen LogP contribution is 2.37. The quantitative estimate of drug-likeness (QED) is 0.547. The van der Waals surface area contributed by atoms with Crippen LogP contribution in [-0.2, 0) is 4.74 Å². The van der Waals surface area contributed by atoms with Crippen LogP contribution in [0.25, 0.3) is 10.9 Å². The summed E-state index contributed by atoms with van der Waals surface area (Å²) >= 11 is 0. The number of nitrogens with zero attached hydrogens (tertiary/aromatic N) is 3. The van der Waals surface area contributed by atoms with Gasteiger partial charge in [-0.1, -0.05) is 36.4 Å². The normalized spacial score (nSPS) is 17.4. The number of aromatic nitrogens is 1. The van der Waals surface area contributed by atoms with Gasteiger partial charge < -0.3 is 24.6 Å². The summed E-state index contributed by atoms with van der Waals surface area (Å²) in [6.07, 6.45) is 2.09. The SMILES string of the molecule is CN(C)c1c(C(=O)N[C@H]2CCOc3ccccc32)cnc2c(C3CN(C(=O)OC(C)(C)C)C3)cccc12. The third-order valence-corrected chi connectivity index (χ3v) is 6.83. The van der Waals surface area contributed by atoms with Crippen molar-refractivity contribution in [1.82, 2.24) is 15.2 Å². The van der Waals surface area contributed by atoms with Crippen molar-refractivity contribution in [1.29, 1.82) is 0 Å². The van der Waals surface area contributed by atoms with Crippen LogP contribution >= 0.6 is 0 Å². The smallest absolute Gasteiger partial charge is 0.410 e. The molecule has 0 radical (unpaired) electrons. The maximum atomic E-state index is 13.5. The summed E-state index contributed by atoms with van der Waals surface area (Å²) in [5, 5.41) is 4.12. The van der Waals surface area contributed by atoms with Gasteiger partial charge in [-0.05, 0) is 32.4 Å². The summed E-state index contributed by atoms with van der Waals surface area (Å²) in [4.78, 5) is 34.4. The number of fused-ring (bicyclic) bond motifs is 2. The van der Waals surface area contributed by atoms with Crippen LogP contribution in [0.4, 0.5) is 10.5 Å². The van der Waals surface area contributed by atoms with E-state index in [1.807, 2.05) is 76.2 Å². The highest BCUT2D eigenvalue weighted by Gasteiger charge is 2.36. The summed E-state index contributed by atoms with van der Waals surface area (Å²) in [6, 6.07) is 13.8. The maximum Gasteiger partial charge on any atom is 0.410 e. The predicted octanol–water partition coefficient (Wildman–Crippen LogP) is 4.89. The van der Waals surface area contributed by atoms with Gasteiger partial charge in [0.25, 0.3) is 5.91 Å². The predicted molar refractivity (Wildman–Crippen MR) is 143 cm³/mol. The molecule has 0 aliphatic carbocycles. The topological polar surface area (TPSA) is 84.0 Å². The number of benzene rings is 2. The third-order valence-electron chi connectivity index (χ3n) is 6.83. The molecular weight excluding hydrogens is 468 g/mol. The Balaban J connectivity index is 1.41. The molecule has 8 nitrogen and oxygen atoms in total. The van der Waals surface area contributed by atoms with E-state index in [9.17, 15) is 9.59 Å². The van der Waals surface area contributed by atoms with Crippen LogP contribution in [-0.4, -0.2) is 61.3 Å². The second kappa shape index (κ2) is 9.57. The Morgan fingerprint density at radius 1 is 1.08 bits per heavy atom. The molecule has 0 spiro atoms. The minimum atomic E-state index is -0.520. The molecule has 3 aromatic rings. The van der Waals surface area contributed by atoms with Gasteiger partial charge in [0.05, 0.1) is 29.4 Å². The van der Waals surface area contributed by atoms with Crippen LogP contribution in [0.3, 0.4) is 0 Å². The lowest BCUT2D eigenvalue weighted by Crippen LogP contribution is -2.50. The van der Waals surface area contributed by atoms with E-state index in [-0.39, 0.29) is 24.0 Å². The molecule has 0 saturated carbocycles. The molecule has 1 N–H and O–H groups in total. The molecule has 37 heavy (non-hydrogen) atoms. The number of carbonyl (C=O) groups is 2. The van der Waals surface area contributed by atoms with Crippen molar-refractivity contribution in [2.45, 2.75) is 44.8 Å². The van der Waals surface area contributed by atoms with Crippen LogP contribution in [0.5, 0.6) is 5.75 Å². The molecule has 1 atom stereocenters. The Kier molecular flexibility index (Phi) is 6.43. The minimum Gasteiger partial charge on any atom is -0.493 e. The molecule has 1 saturated heterocycles. The molecule has 1 fully saturated rings. The van der Waals surface area contributed by atoms with Gasteiger partial charge >= 0.3 is 6.09 Å². The van der Waals surface area contributed by atoms with Crippen molar-refractivity contribution < 1.29 is 19.1 Å². The van der Waals surface area contributed by atoms with Crippen molar-refractivity contribution in [3.63, 3.8) is 0 Å². The number of likely N-dealkylation sites (tertiary alicyclic amines) is 1. The number of carbonyl (C=O) groups excluding carboxylic acids is 2. The largest absolute Gasteiger partial charge is 0.493 e. The molecule has 2 amide bonds. The van der Waals surface area contributed by atoms with Gasteiger partial charge in [0.15, 0.2) is 0 Å². The first-order valence-corrected chi connectivity index (χ1v) is 12.7. The number of anilines is 1. The number of pyridine rings is 1. The van der Waals surface area contributed by atoms with Crippen molar-refractivity contribution in [3.8, 4) is 5.75 Å². The first-order valence-electron chi connectivity index (χ1n) is 12.7. The summed E-state index contributed by atoms with van der Waals surface area (Å²) in [5.41, 5.74) is 3.76. The van der Waals surface area contributed by atoms with E-state index < -0.39 is 5.60 Å². The number of para-hydroxylation sites is 2. The number of ether oxygens (including phenoxy) is 2. The minimum absolute atomic E-state index is 0.122. The number of hydrogen-bond acceptors (Lipinski definition) is 6. The Bertz CT molecular complexity index is 1340. The molecule has 2 aromatic carbocycles. The second-order valence-electron chi connectivity index (χ2n) is 10.9. The fourth-order valence-corrected chi connectivity index (χ4v) is 5.09. The molecule has 0 bridgehead atoms. The molecule has 3 heterocycles. The van der Waals surface area contributed by atoms with E-state index in [0.717, 1.165) is 33.5 Å². The first-order chi connectivity index (χ1) is 17.6. The number of hydrogen-bond donors (Lipinski definition) is 1. The Morgan fingerprint density at radius 3 is 2.54 bits per heavy atom. The summed E-state index contributed by atoms with van der Waals surface area (Å²) in [7, 11) is 3.88. The fourth-order valence-electron chi connectivity index (χ4n) is 5.09. The number of nitrogens with one attached hydrogen (secondary N) is 1. The summed E-state index contributed by atoms with van der Waals surface area (Å²) < 4.78 is 11.3. The lowest BCUT2D eigenvalue weighted by molar-refractivity contribution is 0.00827. The van der Waals surface area contributed by atoms with Crippen molar-refractivity contribution in [3.05, 3.63) is 65.4 Å². The van der Waals surface area contributed by atoms with Gasteiger partial charge in [-0.3, -0.25) is 9.78 Å². The van der Waals surface area contributed by atoms with E-state index >= 15 is 0 Å². The van der Waals surface area contributed by atoms with E-state index in [1.54, 1.807) is 11.1 Å². The average Bonchev–Trinajstić information content (AvgIpc) is 2.81. The van der Waals surface area contributed by atoms with Crippen LogP contribution in [0.1, 0.15) is 60.6 Å². The first kappa shape index (κ1) is 24.9. The van der Waals surface area contributed by atoms with Gasteiger partial charge in [-0.2, -0.15) is 0 Å². The van der Waals surface area contributed by atoms with Gasteiger partial charge in [0.1, 0.15) is 11.4 Å². The van der Waals surface area contributed by atoms with Crippen molar-refractivity contribution in [2.75, 3.05) is 38.7 Å². The van der Waals surface area contributed by atoms with Crippen LogP contribution in [0.2, 0.25) is 0 Å². The fraction of sp³-hybridized carbons (Fsp3) is 0.414. The van der Waals surface area contributed by atoms with E-state index in [2.05, 4.69) is 11.4 Å². The maximum absolute atomic E-state index is 13.5. The summed E-state index contributed by atoms with van der Waals surface area (Å²) in [5.74, 6) is 0.816. The van der Waals surface area contributed by atoms with E-state index in [0.29, 0.717) is 31.7 Å². The third kappa shape index (κ3) is 4.92. The van der Waals surface area contributed by atoms with E-state index in [1.165, 1.54) is 0 Å². The zero-order chi connectivity index (χ0) is 26.3. The average molecular weight is 503 g/mol. The summed E-state index contributed by atoms with van der Waals surface area (Å²) in [6.45, 7) is 7.33. The van der Waals surface area contributed by atoms with Gasteiger partial charge in [0.2, 0.25) is 0 Å². The number of amides is 2. The van der Waals surface area contributed by atoms with E-state index in [4.69, 9.17) is 14.5 Å². The zero-order valence-electron chi connectivity index (χ0n) is 22.1. The highest BCUT2D eigenvalue weighted by molar-refractivity contribution is 6.08. The Hall–Kier alpha value is -3.81.